The lowest BCUT2D eigenvalue weighted by molar-refractivity contribution is -0.127. The highest BCUT2D eigenvalue weighted by molar-refractivity contribution is 5.87. The molecule has 4 aromatic heterocycles. The number of pyridine rings is 2. The summed E-state index contributed by atoms with van der Waals surface area (Å²) in [5.74, 6) is 1.12. The summed E-state index contributed by atoms with van der Waals surface area (Å²) in [5, 5.41) is 12.5. The Bertz CT molecular complexity index is 1810. The Morgan fingerprint density at radius 3 is 2.71 bits per heavy atom. The van der Waals surface area contributed by atoms with Crippen LogP contribution in [0.1, 0.15) is 36.4 Å². The van der Waals surface area contributed by atoms with E-state index in [-0.39, 0.29) is 11.9 Å². The number of aryl methyl sites for hydroxylation is 2. The number of amides is 1. The molecule has 1 atom stereocenters. The van der Waals surface area contributed by atoms with Crippen molar-refractivity contribution in [2.75, 3.05) is 18.8 Å². The van der Waals surface area contributed by atoms with Gasteiger partial charge in [0.05, 0.1) is 17.5 Å². The highest BCUT2D eigenvalue weighted by Gasteiger charge is 2.29. The molecule has 0 spiro atoms. The zero-order chi connectivity index (χ0) is 28.8. The molecule has 1 unspecified atom stereocenters. The second-order valence-corrected chi connectivity index (χ2v) is 10.9. The molecule has 1 aliphatic heterocycles. The molecular formula is C31H32N10O. The van der Waals surface area contributed by atoms with Crippen LogP contribution in [-0.2, 0) is 18.3 Å². The number of hydrogen-bond donors (Lipinski definition) is 2. The standard InChI is InChI=1S/C31H32N10O/c1-3-28(42)40-15-12-20(13-16-40)35-24-9-6-19-17-21(7-8-22(19)24)41-30(23-5-4-14-33-29(23)32)37-26-11-10-25(36-31(26)41)27-18-34-39(2)38-27/h3-5,7-8,10-11,14,17-18,20,24,35H,1,6,9,12-13,15-16H2,2H3,(H2,32,33). The van der Waals surface area contributed by atoms with Gasteiger partial charge >= 0.3 is 0 Å². The predicted molar refractivity (Wildman–Crippen MR) is 161 cm³/mol. The maximum Gasteiger partial charge on any atom is 0.245 e. The average molecular weight is 561 g/mol. The van der Waals surface area contributed by atoms with E-state index in [4.69, 9.17) is 15.7 Å². The second-order valence-electron chi connectivity index (χ2n) is 10.9. The van der Waals surface area contributed by atoms with Gasteiger partial charge in [-0.2, -0.15) is 15.0 Å². The third-order valence-corrected chi connectivity index (χ3v) is 8.33. The van der Waals surface area contributed by atoms with Crippen molar-refractivity contribution in [1.82, 2.24) is 44.7 Å². The van der Waals surface area contributed by atoms with Crippen LogP contribution >= 0.6 is 0 Å². The van der Waals surface area contributed by atoms with Gasteiger partial charge in [-0.1, -0.05) is 12.6 Å². The number of carbonyl (C=O) groups excluding carboxylic acids is 1. The fourth-order valence-electron chi connectivity index (χ4n) is 6.19. The van der Waals surface area contributed by atoms with E-state index in [1.165, 1.54) is 22.0 Å². The average Bonchev–Trinajstić information content (AvgIpc) is 3.73. The van der Waals surface area contributed by atoms with Gasteiger partial charge in [-0.15, -0.1) is 0 Å². The molecule has 1 amide bonds. The second kappa shape index (κ2) is 10.5. The third-order valence-electron chi connectivity index (χ3n) is 8.33. The van der Waals surface area contributed by atoms with Gasteiger partial charge in [-0.05, 0) is 79.3 Å². The summed E-state index contributed by atoms with van der Waals surface area (Å²) in [4.78, 5) is 29.7. The SMILES string of the molecule is C=CC(=O)N1CCC(NC2CCc3cc(-n4c(-c5cccnc5N)nc5ccc(-c6cnn(C)n6)nc54)ccc32)CC1. The van der Waals surface area contributed by atoms with Crippen LogP contribution in [0.4, 0.5) is 5.82 Å². The highest BCUT2D eigenvalue weighted by atomic mass is 16.2. The lowest BCUT2D eigenvalue weighted by Crippen LogP contribution is -2.45. The molecular weight excluding hydrogens is 528 g/mol. The maximum atomic E-state index is 12.0. The van der Waals surface area contributed by atoms with Crippen LogP contribution in [0.25, 0.3) is 39.6 Å². The number of rotatable bonds is 6. The number of nitrogens with two attached hydrogens (primary N) is 1. The molecule has 5 aromatic rings. The number of piperidine rings is 1. The van der Waals surface area contributed by atoms with Crippen molar-refractivity contribution in [3.63, 3.8) is 0 Å². The van der Waals surface area contributed by atoms with Gasteiger partial charge in [-0.25, -0.2) is 15.0 Å². The molecule has 1 aromatic carbocycles. The lowest BCUT2D eigenvalue weighted by atomic mass is 10.0. The minimum atomic E-state index is 0.0185. The number of anilines is 1. The molecule has 0 radical (unpaired) electrons. The molecule has 2 aliphatic rings. The van der Waals surface area contributed by atoms with Gasteiger partial charge in [-0.3, -0.25) is 9.36 Å². The summed E-state index contributed by atoms with van der Waals surface area (Å²) in [6.07, 6.45) is 8.69. The minimum Gasteiger partial charge on any atom is -0.383 e. The Morgan fingerprint density at radius 1 is 1.10 bits per heavy atom. The number of benzene rings is 1. The number of imidazole rings is 1. The molecule has 1 saturated heterocycles. The van der Waals surface area contributed by atoms with Crippen LogP contribution < -0.4 is 11.1 Å². The van der Waals surface area contributed by atoms with E-state index in [1.54, 1.807) is 19.4 Å². The van der Waals surface area contributed by atoms with Gasteiger partial charge in [0.15, 0.2) is 11.5 Å². The van der Waals surface area contributed by atoms with E-state index in [2.05, 4.69) is 49.8 Å². The largest absolute Gasteiger partial charge is 0.383 e. The smallest absolute Gasteiger partial charge is 0.245 e. The van der Waals surface area contributed by atoms with Gasteiger partial charge in [0.2, 0.25) is 5.91 Å². The normalized spacial score (nSPS) is 17.1. The number of hydrogen-bond acceptors (Lipinski definition) is 8. The molecule has 11 nitrogen and oxygen atoms in total. The first-order chi connectivity index (χ1) is 20.5. The summed E-state index contributed by atoms with van der Waals surface area (Å²) < 4.78 is 2.07. The van der Waals surface area contributed by atoms with Gasteiger partial charge in [0, 0.05) is 44.1 Å². The molecule has 0 saturated carbocycles. The fraction of sp³-hybridized carbons (Fsp3) is 0.290. The zero-order valence-corrected chi connectivity index (χ0v) is 23.4. The number of fused-ring (bicyclic) bond motifs is 2. The number of carbonyl (C=O) groups is 1. The topological polar surface area (TPSA) is 133 Å². The van der Waals surface area contributed by atoms with Crippen LogP contribution in [0.15, 0.2) is 67.5 Å². The number of aromatic nitrogens is 7. The van der Waals surface area contributed by atoms with Crippen LogP contribution in [-0.4, -0.2) is 64.5 Å². The van der Waals surface area contributed by atoms with Gasteiger partial charge in [0.25, 0.3) is 0 Å². The van der Waals surface area contributed by atoms with Crippen molar-refractivity contribution in [3.05, 3.63) is 78.6 Å². The van der Waals surface area contributed by atoms with E-state index in [9.17, 15) is 4.79 Å². The van der Waals surface area contributed by atoms with Crippen LogP contribution in [0.5, 0.6) is 0 Å². The zero-order valence-electron chi connectivity index (χ0n) is 23.4. The monoisotopic (exact) mass is 560 g/mol. The first kappa shape index (κ1) is 26.0. The molecule has 5 heterocycles. The number of nitrogens with one attached hydrogen (secondary N) is 1. The number of nitrogen functional groups attached to an aromatic ring is 1. The molecule has 42 heavy (non-hydrogen) atoms. The van der Waals surface area contributed by atoms with Crippen LogP contribution in [0, 0.1) is 0 Å². The van der Waals surface area contributed by atoms with E-state index in [0.29, 0.717) is 34.7 Å². The Kier molecular flexibility index (Phi) is 6.50. The molecule has 0 bridgehead atoms. The van der Waals surface area contributed by atoms with E-state index in [1.807, 2.05) is 29.2 Å². The summed E-state index contributed by atoms with van der Waals surface area (Å²) in [6, 6.07) is 15.0. The van der Waals surface area contributed by atoms with Crippen molar-refractivity contribution in [2.24, 2.45) is 7.05 Å². The van der Waals surface area contributed by atoms with Gasteiger partial charge in [0.1, 0.15) is 17.0 Å². The summed E-state index contributed by atoms with van der Waals surface area (Å²) >= 11 is 0. The Balaban J connectivity index is 1.24. The van der Waals surface area contributed by atoms with Crippen molar-refractivity contribution >= 4 is 22.9 Å². The lowest BCUT2D eigenvalue weighted by Gasteiger charge is -2.33. The minimum absolute atomic E-state index is 0.0185. The van der Waals surface area contributed by atoms with Crippen LogP contribution in [0.3, 0.4) is 0 Å². The molecule has 3 N–H and O–H groups in total. The Labute approximate surface area is 243 Å². The Morgan fingerprint density at radius 2 is 1.95 bits per heavy atom. The van der Waals surface area contributed by atoms with E-state index in [0.717, 1.165) is 55.5 Å². The molecule has 1 aliphatic carbocycles. The van der Waals surface area contributed by atoms with Crippen molar-refractivity contribution in [1.29, 1.82) is 0 Å². The third kappa shape index (κ3) is 4.61. The molecule has 11 heteroatoms. The van der Waals surface area contributed by atoms with Crippen LogP contribution in [0.2, 0.25) is 0 Å². The quantitative estimate of drug-likeness (QED) is 0.301. The van der Waals surface area contributed by atoms with E-state index >= 15 is 0 Å². The van der Waals surface area contributed by atoms with Crippen molar-refractivity contribution < 1.29 is 4.79 Å². The van der Waals surface area contributed by atoms with Crippen molar-refractivity contribution in [2.45, 2.75) is 37.8 Å². The highest BCUT2D eigenvalue weighted by Crippen LogP contribution is 2.36. The first-order valence-electron chi connectivity index (χ1n) is 14.3. The summed E-state index contributed by atoms with van der Waals surface area (Å²) in [7, 11) is 1.79. The van der Waals surface area contributed by atoms with E-state index < -0.39 is 0 Å². The number of likely N-dealkylation sites (tertiary alicyclic amines) is 1. The van der Waals surface area contributed by atoms with Crippen molar-refractivity contribution in [3.8, 4) is 28.5 Å². The summed E-state index contributed by atoms with van der Waals surface area (Å²) in [5.41, 5.74) is 13.6. The molecule has 7 rings (SSSR count). The predicted octanol–water partition coefficient (Wildman–Crippen LogP) is 3.61. The molecule has 212 valence electrons. The fourth-order valence-corrected chi connectivity index (χ4v) is 6.19. The Hall–Kier alpha value is -4.90. The first-order valence-corrected chi connectivity index (χ1v) is 14.3. The number of nitrogens with zero attached hydrogens (tertiary/aromatic N) is 8. The molecule has 1 fully saturated rings. The maximum absolute atomic E-state index is 12.0. The van der Waals surface area contributed by atoms with Gasteiger partial charge < -0.3 is 16.0 Å². The summed E-state index contributed by atoms with van der Waals surface area (Å²) in [6.45, 7) is 5.14.